The molecule has 1 unspecified atom stereocenters. The molecule has 1 atom stereocenters. The Labute approximate surface area is 93.5 Å². The molecule has 90 valence electrons. The fourth-order valence-corrected chi connectivity index (χ4v) is 1.62. The zero-order valence-corrected chi connectivity index (χ0v) is 10.3. The first-order valence-electron chi connectivity index (χ1n) is 5.95. The molecule has 1 N–H and O–H groups in total. The number of hydrogen-bond donors (Lipinski definition) is 1. The van der Waals surface area contributed by atoms with Crippen molar-refractivity contribution in [2.45, 2.75) is 45.4 Å². The lowest BCUT2D eigenvalue weighted by Gasteiger charge is -2.15. The van der Waals surface area contributed by atoms with Crippen molar-refractivity contribution in [2.75, 3.05) is 20.6 Å². The molecule has 0 aliphatic rings. The van der Waals surface area contributed by atoms with E-state index in [1.807, 2.05) is 19.0 Å². The largest absolute Gasteiger partial charge is 0.481 e. The third-order valence-corrected chi connectivity index (χ3v) is 2.68. The van der Waals surface area contributed by atoms with Gasteiger partial charge in [-0.25, -0.2) is 0 Å². The Hall–Kier alpha value is -0.570. The van der Waals surface area contributed by atoms with Crippen molar-refractivity contribution in [1.29, 1.82) is 0 Å². The summed E-state index contributed by atoms with van der Waals surface area (Å²) in [7, 11) is 3.96. The first kappa shape index (κ1) is 14.4. The second kappa shape index (κ2) is 8.72. The summed E-state index contributed by atoms with van der Waals surface area (Å²) in [6, 6.07) is 0. The van der Waals surface area contributed by atoms with Crippen molar-refractivity contribution in [3.05, 3.63) is 0 Å². The maximum absolute atomic E-state index is 11.0. The highest BCUT2D eigenvalue weighted by molar-refractivity contribution is 5.69. The third-order valence-electron chi connectivity index (χ3n) is 2.68. The van der Waals surface area contributed by atoms with Gasteiger partial charge in [-0.3, -0.25) is 4.79 Å². The third kappa shape index (κ3) is 8.43. The van der Waals surface area contributed by atoms with Gasteiger partial charge in [0.1, 0.15) is 0 Å². The number of rotatable bonds is 9. The fraction of sp³-hybridized carbons (Fsp3) is 0.917. The molecule has 0 bridgehead atoms. The lowest BCUT2D eigenvalue weighted by Crippen LogP contribution is -2.21. The quantitative estimate of drug-likeness (QED) is 0.601. The molecule has 3 nitrogen and oxygen atoms in total. The molecule has 3 heteroatoms. The fourth-order valence-electron chi connectivity index (χ4n) is 1.62. The van der Waals surface area contributed by atoms with E-state index < -0.39 is 5.97 Å². The molecule has 0 aromatic heterocycles. The molecule has 0 rings (SSSR count). The Morgan fingerprint density at radius 3 is 2.33 bits per heavy atom. The minimum Gasteiger partial charge on any atom is -0.481 e. The van der Waals surface area contributed by atoms with Crippen LogP contribution in [0.2, 0.25) is 0 Å². The lowest BCUT2D eigenvalue weighted by molar-refractivity contribution is -0.142. The predicted molar refractivity (Wildman–Crippen MR) is 63.1 cm³/mol. The van der Waals surface area contributed by atoms with Crippen molar-refractivity contribution in [3.63, 3.8) is 0 Å². The SMILES string of the molecule is CCCCCCC(CCN(C)C)C(=O)O. The van der Waals surface area contributed by atoms with Gasteiger partial charge in [-0.2, -0.15) is 0 Å². The van der Waals surface area contributed by atoms with Crippen molar-refractivity contribution in [2.24, 2.45) is 5.92 Å². The standard InChI is InChI=1S/C12H25NO2/c1-4-5-6-7-8-11(12(14)15)9-10-13(2)3/h11H,4-10H2,1-3H3,(H,14,15). The number of aliphatic carboxylic acids is 1. The van der Waals surface area contributed by atoms with Crippen LogP contribution in [0.1, 0.15) is 45.4 Å². The highest BCUT2D eigenvalue weighted by Gasteiger charge is 2.16. The Morgan fingerprint density at radius 1 is 1.20 bits per heavy atom. The van der Waals surface area contributed by atoms with Crippen molar-refractivity contribution < 1.29 is 9.90 Å². The minimum absolute atomic E-state index is 0.149. The number of carboxylic acid groups (broad SMARTS) is 1. The summed E-state index contributed by atoms with van der Waals surface area (Å²) in [5.74, 6) is -0.780. The zero-order valence-electron chi connectivity index (χ0n) is 10.3. The normalized spacial score (nSPS) is 13.1. The van der Waals surface area contributed by atoms with Gasteiger partial charge in [-0.15, -0.1) is 0 Å². The van der Waals surface area contributed by atoms with Gasteiger partial charge in [-0.1, -0.05) is 32.6 Å². The van der Waals surface area contributed by atoms with E-state index in [9.17, 15) is 4.79 Å². The molecule has 0 aromatic carbocycles. The molecule has 15 heavy (non-hydrogen) atoms. The van der Waals surface area contributed by atoms with E-state index in [0.717, 1.165) is 25.8 Å². The number of unbranched alkanes of at least 4 members (excludes halogenated alkanes) is 3. The zero-order chi connectivity index (χ0) is 11.7. The van der Waals surface area contributed by atoms with Crippen LogP contribution >= 0.6 is 0 Å². The average Bonchev–Trinajstić information content (AvgIpc) is 2.15. The molecule has 0 spiro atoms. The molecular weight excluding hydrogens is 190 g/mol. The van der Waals surface area contributed by atoms with Gasteiger partial charge in [0.2, 0.25) is 0 Å². The molecular formula is C12H25NO2. The van der Waals surface area contributed by atoms with Crippen LogP contribution in [-0.2, 0) is 4.79 Å². The Kier molecular flexibility index (Phi) is 8.38. The monoisotopic (exact) mass is 215 g/mol. The number of nitrogens with zero attached hydrogens (tertiary/aromatic N) is 1. The summed E-state index contributed by atoms with van der Waals surface area (Å²) in [4.78, 5) is 13.0. The highest BCUT2D eigenvalue weighted by Crippen LogP contribution is 2.15. The molecule has 0 fully saturated rings. The summed E-state index contributed by atoms with van der Waals surface area (Å²) in [5, 5.41) is 9.02. The summed E-state index contributed by atoms with van der Waals surface area (Å²) in [5.41, 5.74) is 0. The summed E-state index contributed by atoms with van der Waals surface area (Å²) in [6.07, 6.45) is 6.26. The van der Waals surface area contributed by atoms with E-state index in [-0.39, 0.29) is 5.92 Å². The number of hydrogen-bond acceptors (Lipinski definition) is 2. The molecule has 0 saturated heterocycles. The topological polar surface area (TPSA) is 40.5 Å². The van der Waals surface area contributed by atoms with Crippen molar-refractivity contribution in [3.8, 4) is 0 Å². The minimum atomic E-state index is -0.631. The van der Waals surface area contributed by atoms with Crippen LogP contribution < -0.4 is 0 Å². The second-order valence-electron chi connectivity index (χ2n) is 4.48. The van der Waals surface area contributed by atoms with Gasteiger partial charge in [0.15, 0.2) is 0 Å². The molecule has 0 radical (unpaired) electrons. The molecule has 0 aliphatic heterocycles. The van der Waals surface area contributed by atoms with E-state index in [1.54, 1.807) is 0 Å². The van der Waals surface area contributed by atoms with Crippen LogP contribution in [-0.4, -0.2) is 36.6 Å². The maximum atomic E-state index is 11.0. The van der Waals surface area contributed by atoms with Crippen molar-refractivity contribution in [1.82, 2.24) is 4.90 Å². The molecule has 0 amide bonds. The van der Waals surface area contributed by atoms with E-state index in [1.165, 1.54) is 19.3 Å². The van der Waals surface area contributed by atoms with Crippen LogP contribution in [0.3, 0.4) is 0 Å². The molecule has 0 heterocycles. The highest BCUT2D eigenvalue weighted by atomic mass is 16.4. The summed E-state index contributed by atoms with van der Waals surface area (Å²) >= 11 is 0. The summed E-state index contributed by atoms with van der Waals surface area (Å²) in [6.45, 7) is 3.03. The first-order chi connectivity index (χ1) is 7.07. The Morgan fingerprint density at radius 2 is 1.87 bits per heavy atom. The smallest absolute Gasteiger partial charge is 0.306 e. The Balaban J connectivity index is 3.69. The van der Waals surface area contributed by atoms with Gasteiger partial charge in [0.05, 0.1) is 5.92 Å². The van der Waals surface area contributed by atoms with Gasteiger partial charge in [0, 0.05) is 0 Å². The van der Waals surface area contributed by atoms with Crippen LogP contribution in [0.15, 0.2) is 0 Å². The van der Waals surface area contributed by atoms with Gasteiger partial charge < -0.3 is 10.0 Å². The average molecular weight is 215 g/mol. The molecule has 0 saturated carbocycles. The van der Waals surface area contributed by atoms with Crippen LogP contribution in [0, 0.1) is 5.92 Å². The maximum Gasteiger partial charge on any atom is 0.306 e. The van der Waals surface area contributed by atoms with Crippen molar-refractivity contribution >= 4 is 5.97 Å². The Bertz CT molecular complexity index is 169. The van der Waals surface area contributed by atoms with Gasteiger partial charge in [0.25, 0.3) is 0 Å². The van der Waals surface area contributed by atoms with Crippen LogP contribution in [0.25, 0.3) is 0 Å². The van der Waals surface area contributed by atoms with E-state index in [2.05, 4.69) is 6.92 Å². The van der Waals surface area contributed by atoms with E-state index in [4.69, 9.17) is 5.11 Å². The molecule has 0 aliphatic carbocycles. The van der Waals surface area contributed by atoms with Crippen LogP contribution in [0.4, 0.5) is 0 Å². The molecule has 0 aromatic rings. The second-order valence-corrected chi connectivity index (χ2v) is 4.48. The summed E-state index contributed by atoms with van der Waals surface area (Å²) < 4.78 is 0. The number of carboxylic acids is 1. The number of carbonyl (C=O) groups is 1. The van der Waals surface area contributed by atoms with Gasteiger partial charge in [-0.05, 0) is 33.5 Å². The lowest BCUT2D eigenvalue weighted by atomic mass is 9.97. The first-order valence-corrected chi connectivity index (χ1v) is 5.95. The van der Waals surface area contributed by atoms with E-state index >= 15 is 0 Å². The van der Waals surface area contributed by atoms with Crippen LogP contribution in [0.5, 0.6) is 0 Å². The van der Waals surface area contributed by atoms with Gasteiger partial charge >= 0.3 is 5.97 Å². The van der Waals surface area contributed by atoms with E-state index in [0.29, 0.717) is 0 Å². The predicted octanol–water partition coefficient (Wildman–Crippen LogP) is 2.61.